The van der Waals surface area contributed by atoms with E-state index in [2.05, 4.69) is 10.0 Å². The third kappa shape index (κ3) is 2.32. The van der Waals surface area contributed by atoms with Crippen LogP contribution in [0, 0.1) is 0 Å². The first-order valence-electron chi connectivity index (χ1n) is 5.93. The fourth-order valence-electron chi connectivity index (χ4n) is 2.25. The van der Waals surface area contributed by atoms with Gasteiger partial charge in [-0.05, 0) is 12.5 Å². The Morgan fingerprint density at radius 1 is 1.67 bits per heavy atom. The van der Waals surface area contributed by atoms with Crippen molar-refractivity contribution in [1.29, 1.82) is 0 Å². The van der Waals surface area contributed by atoms with E-state index in [1.165, 1.54) is 25.6 Å². The lowest BCUT2D eigenvalue weighted by molar-refractivity contribution is -0.153. The van der Waals surface area contributed by atoms with E-state index < -0.39 is 28.8 Å². The molecule has 0 aliphatic carbocycles. The quantitative estimate of drug-likeness (QED) is 0.269. The summed E-state index contributed by atoms with van der Waals surface area (Å²) < 4.78 is 4.81. The van der Waals surface area contributed by atoms with Gasteiger partial charge in [0, 0.05) is 23.2 Å². The number of thioether (sulfide) groups is 1. The summed E-state index contributed by atoms with van der Waals surface area (Å²) in [6.45, 7) is 2.51. The van der Waals surface area contributed by atoms with Gasteiger partial charge in [0.1, 0.15) is 17.7 Å². The van der Waals surface area contributed by atoms with Crippen molar-refractivity contribution < 1.29 is 24.2 Å². The summed E-state index contributed by atoms with van der Waals surface area (Å²) in [4.78, 5) is 38.1. The lowest BCUT2D eigenvalue weighted by atomic mass is 9.89. The highest BCUT2D eigenvalue weighted by molar-refractivity contribution is 8.00. The van der Waals surface area contributed by atoms with E-state index >= 15 is 0 Å². The van der Waals surface area contributed by atoms with E-state index in [4.69, 9.17) is 10.3 Å². The predicted octanol–water partition coefficient (Wildman–Crippen LogP) is 0.872. The van der Waals surface area contributed by atoms with E-state index in [1.54, 1.807) is 0 Å². The Morgan fingerprint density at radius 2 is 2.33 bits per heavy atom. The minimum absolute atomic E-state index is 0.182. The number of carboxylic acid groups (broad SMARTS) is 1. The molecule has 0 aromatic carbocycles. The highest BCUT2D eigenvalue weighted by Gasteiger charge is 2.61. The van der Waals surface area contributed by atoms with Gasteiger partial charge in [-0.25, -0.2) is 4.79 Å². The standard InChI is InChI=1S/C11H12N4O5S/c1-5(16)20-3-6-4-21-10-11(2,13-14-12)9(19)15(10)7(6)8(17)18/h10H,3-4H2,1-2H3,(H,17,18)/t10-,11?/m1/s1. The van der Waals surface area contributed by atoms with Gasteiger partial charge in [0.15, 0.2) is 5.54 Å². The first-order chi connectivity index (χ1) is 9.82. The van der Waals surface area contributed by atoms with E-state index in [9.17, 15) is 19.5 Å². The van der Waals surface area contributed by atoms with Crippen LogP contribution in [0.3, 0.4) is 0 Å². The molecule has 0 aromatic rings. The lowest BCUT2D eigenvalue weighted by Crippen LogP contribution is -2.71. The second-order valence-corrected chi connectivity index (χ2v) is 5.78. The minimum Gasteiger partial charge on any atom is -0.477 e. The number of carbonyl (C=O) groups excluding carboxylic acids is 2. The third-order valence-corrected chi connectivity index (χ3v) is 4.76. The molecule has 2 heterocycles. The number of hydrogen-bond donors (Lipinski definition) is 1. The fourth-order valence-corrected chi connectivity index (χ4v) is 3.65. The number of fused-ring (bicyclic) bond motifs is 1. The van der Waals surface area contributed by atoms with Crippen molar-refractivity contribution in [2.75, 3.05) is 12.4 Å². The molecule has 9 nitrogen and oxygen atoms in total. The molecule has 0 saturated carbocycles. The van der Waals surface area contributed by atoms with Crippen LogP contribution in [-0.4, -0.2) is 51.1 Å². The Morgan fingerprint density at radius 3 is 2.86 bits per heavy atom. The van der Waals surface area contributed by atoms with Crippen LogP contribution in [0.25, 0.3) is 10.4 Å². The smallest absolute Gasteiger partial charge is 0.352 e. The average Bonchev–Trinajstić information content (AvgIpc) is 2.43. The van der Waals surface area contributed by atoms with Gasteiger partial charge in [-0.15, -0.1) is 11.8 Å². The summed E-state index contributed by atoms with van der Waals surface area (Å²) in [5.41, 5.74) is 7.40. The van der Waals surface area contributed by atoms with Gasteiger partial charge in [0.25, 0.3) is 0 Å². The van der Waals surface area contributed by atoms with Crippen molar-refractivity contribution in [3.8, 4) is 0 Å². The van der Waals surface area contributed by atoms with Crippen molar-refractivity contribution >= 4 is 29.6 Å². The lowest BCUT2D eigenvalue weighted by Gasteiger charge is -2.53. The molecule has 2 rings (SSSR count). The molecular weight excluding hydrogens is 300 g/mol. The SMILES string of the molecule is CC(=O)OCC1=C(C(=O)O)N2C(=O)C(C)(N=[N+]=[N-])[C@H]2SC1. The second kappa shape index (κ2) is 5.30. The first kappa shape index (κ1) is 15.2. The normalized spacial score (nSPS) is 27.4. The molecule has 1 unspecified atom stereocenters. The zero-order valence-corrected chi connectivity index (χ0v) is 12.1. The van der Waals surface area contributed by atoms with Gasteiger partial charge >= 0.3 is 11.9 Å². The largest absolute Gasteiger partial charge is 0.477 e. The average molecular weight is 312 g/mol. The fraction of sp³-hybridized carbons (Fsp3) is 0.545. The maximum Gasteiger partial charge on any atom is 0.352 e. The summed E-state index contributed by atoms with van der Waals surface area (Å²) in [6.07, 6.45) is 0. The molecule has 1 saturated heterocycles. The number of rotatable bonds is 4. The van der Waals surface area contributed by atoms with Crippen LogP contribution in [-0.2, 0) is 19.1 Å². The number of carboxylic acids is 1. The number of β-lactam (4-membered cyclic amide) rings is 1. The molecule has 1 amide bonds. The topological polar surface area (TPSA) is 133 Å². The van der Waals surface area contributed by atoms with Gasteiger partial charge in [0.2, 0.25) is 5.91 Å². The highest BCUT2D eigenvalue weighted by Crippen LogP contribution is 2.48. The van der Waals surface area contributed by atoms with Gasteiger partial charge in [0.05, 0.1) is 0 Å². The van der Waals surface area contributed by atoms with E-state index in [0.717, 1.165) is 4.90 Å². The van der Waals surface area contributed by atoms with Gasteiger partial charge < -0.3 is 9.84 Å². The van der Waals surface area contributed by atoms with E-state index in [-0.39, 0.29) is 18.1 Å². The molecule has 0 spiro atoms. The monoisotopic (exact) mass is 312 g/mol. The molecule has 1 fully saturated rings. The Kier molecular flexibility index (Phi) is 3.84. The minimum atomic E-state index is -1.28. The molecule has 0 radical (unpaired) electrons. The number of azide groups is 1. The molecule has 2 aliphatic heterocycles. The van der Waals surface area contributed by atoms with Crippen LogP contribution in [0.4, 0.5) is 0 Å². The Labute approximate surface area is 123 Å². The summed E-state index contributed by atoms with van der Waals surface area (Å²) in [5, 5.41) is 12.2. The van der Waals surface area contributed by atoms with E-state index in [0.29, 0.717) is 5.57 Å². The van der Waals surface area contributed by atoms with Crippen LogP contribution in [0.5, 0.6) is 0 Å². The highest BCUT2D eigenvalue weighted by atomic mass is 32.2. The van der Waals surface area contributed by atoms with Crippen LogP contribution in [0.2, 0.25) is 0 Å². The molecule has 0 bridgehead atoms. The zero-order valence-electron chi connectivity index (χ0n) is 11.3. The number of ether oxygens (including phenoxy) is 1. The molecule has 112 valence electrons. The summed E-state index contributed by atoms with van der Waals surface area (Å²) in [6, 6.07) is 0. The molecule has 21 heavy (non-hydrogen) atoms. The van der Waals surface area contributed by atoms with Crippen LogP contribution in [0.1, 0.15) is 13.8 Å². The number of carbonyl (C=O) groups is 3. The van der Waals surface area contributed by atoms with Gasteiger partial charge in [-0.1, -0.05) is 5.11 Å². The van der Waals surface area contributed by atoms with Crippen molar-refractivity contribution in [3.05, 3.63) is 21.7 Å². The first-order valence-corrected chi connectivity index (χ1v) is 6.98. The summed E-state index contributed by atoms with van der Waals surface area (Å²) in [7, 11) is 0. The number of esters is 1. The Balaban J connectivity index is 2.35. The molecular formula is C11H12N4O5S. The molecule has 10 heteroatoms. The van der Waals surface area contributed by atoms with Crippen LogP contribution >= 0.6 is 11.8 Å². The van der Waals surface area contributed by atoms with Gasteiger partial charge in [-0.2, -0.15) is 0 Å². The van der Waals surface area contributed by atoms with Crippen molar-refractivity contribution in [3.63, 3.8) is 0 Å². The molecule has 1 N–H and O–H groups in total. The summed E-state index contributed by atoms with van der Waals surface area (Å²) >= 11 is 1.27. The number of hydrogen-bond acceptors (Lipinski definition) is 6. The number of aliphatic carboxylic acids is 1. The number of nitrogens with zero attached hydrogens (tertiary/aromatic N) is 4. The van der Waals surface area contributed by atoms with Crippen LogP contribution in [0.15, 0.2) is 16.4 Å². The predicted molar refractivity (Wildman–Crippen MR) is 71.9 cm³/mol. The maximum atomic E-state index is 12.1. The zero-order chi connectivity index (χ0) is 15.8. The Hall–Kier alpha value is -2.19. The van der Waals surface area contributed by atoms with Crippen LogP contribution < -0.4 is 0 Å². The Bertz CT molecular complexity index is 612. The molecule has 0 aromatic heterocycles. The second-order valence-electron chi connectivity index (χ2n) is 4.71. The molecule has 2 atom stereocenters. The number of amides is 1. The molecule has 2 aliphatic rings. The summed E-state index contributed by atoms with van der Waals surface area (Å²) in [5.74, 6) is -2.11. The van der Waals surface area contributed by atoms with Crippen molar-refractivity contribution in [2.45, 2.75) is 24.8 Å². The van der Waals surface area contributed by atoms with Crippen molar-refractivity contribution in [1.82, 2.24) is 4.90 Å². The van der Waals surface area contributed by atoms with Gasteiger partial charge in [-0.3, -0.25) is 14.5 Å². The third-order valence-electron chi connectivity index (χ3n) is 3.26. The maximum absolute atomic E-state index is 12.1. The van der Waals surface area contributed by atoms with Crippen molar-refractivity contribution in [2.24, 2.45) is 5.11 Å². The van der Waals surface area contributed by atoms with E-state index in [1.807, 2.05) is 0 Å².